The van der Waals surface area contributed by atoms with Crippen LogP contribution in [0.5, 0.6) is 5.75 Å². The number of alkyl halides is 6. The highest BCUT2D eigenvalue weighted by atomic mass is 35.5. The summed E-state index contributed by atoms with van der Waals surface area (Å²) in [7, 11) is 0. The Balaban J connectivity index is 2.55. The molecule has 3 aromatic rings. The van der Waals surface area contributed by atoms with E-state index in [-0.39, 0.29) is 21.2 Å². The number of hydrogen-bond acceptors (Lipinski definition) is 2. The molecule has 1 nitrogen and oxygen atoms in total. The lowest BCUT2D eigenvalue weighted by molar-refractivity contribution is -0.141. The van der Waals surface area contributed by atoms with Crippen LogP contribution >= 0.6 is 22.9 Å². The largest absolute Gasteiger partial charge is 0.508 e. The minimum atomic E-state index is -5.04. The van der Waals surface area contributed by atoms with Gasteiger partial charge in [-0.1, -0.05) is 11.6 Å². The summed E-state index contributed by atoms with van der Waals surface area (Å²) in [6.45, 7) is 0. The topological polar surface area (TPSA) is 20.2 Å². The van der Waals surface area contributed by atoms with Crippen LogP contribution in [0.15, 0.2) is 24.3 Å². The summed E-state index contributed by atoms with van der Waals surface area (Å²) in [4.78, 5) is 0. The highest BCUT2D eigenvalue weighted by molar-refractivity contribution is 7.26. The van der Waals surface area contributed by atoms with Crippen molar-refractivity contribution in [3.8, 4) is 5.75 Å². The fourth-order valence-electron chi connectivity index (χ4n) is 2.34. The van der Waals surface area contributed by atoms with Crippen LogP contribution in [-0.4, -0.2) is 5.11 Å². The number of rotatable bonds is 0. The third kappa shape index (κ3) is 2.59. The summed E-state index contributed by atoms with van der Waals surface area (Å²) < 4.78 is 78.7. The van der Waals surface area contributed by atoms with Gasteiger partial charge in [0.25, 0.3) is 0 Å². The van der Waals surface area contributed by atoms with Gasteiger partial charge in [-0.15, -0.1) is 11.3 Å². The van der Waals surface area contributed by atoms with Crippen LogP contribution in [0, 0.1) is 0 Å². The van der Waals surface area contributed by atoms with E-state index in [0.29, 0.717) is 17.4 Å². The molecule has 3 rings (SSSR count). The zero-order valence-corrected chi connectivity index (χ0v) is 12.4. The van der Waals surface area contributed by atoms with Gasteiger partial charge in [0.05, 0.1) is 16.1 Å². The third-order valence-electron chi connectivity index (χ3n) is 3.27. The van der Waals surface area contributed by atoms with Gasteiger partial charge in [-0.2, -0.15) is 26.3 Å². The Morgan fingerprint density at radius 2 is 1.57 bits per heavy atom. The highest BCUT2D eigenvalue weighted by Crippen LogP contribution is 2.50. The Kier molecular flexibility index (Phi) is 3.46. The second-order valence-electron chi connectivity index (χ2n) is 4.77. The summed E-state index contributed by atoms with van der Waals surface area (Å²) in [5.41, 5.74) is -3.04. The molecule has 1 aromatic heterocycles. The second kappa shape index (κ2) is 4.91. The fraction of sp³-hybridized carbons (Fsp3) is 0.143. The Hall–Kier alpha value is -1.67. The predicted molar refractivity (Wildman–Crippen MR) is 76.0 cm³/mol. The van der Waals surface area contributed by atoms with E-state index in [1.807, 2.05) is 0 Å². The minimum Gasteiger partial charge on any atom is -0.508 e. The van der Waals surface area contributed by atoms with E-state index in [1.165, 1.54) is 18.2 Å². The molecule has 0 aliphatic rings. The smallest absolute Gasteiger partial charge is 0.419 e. The molecule has 0 amide bonds. The predicted octanol–water partition coefficient (Wildman–Crippen LogP) is 6.45. The lowest BCUT2D eigenvalue weighted by atomic mass is 10.0. The van der Waals surface area contributed by atoms with Crippen LogP contribution in [0.4, 0.5) is 26.3 Å². The molecule has 1 N–H and O–H groups in total. The number of hydrogen-bond donors (Lipinski definition) is 1. The summed E-state index contributed by atoms with van der Waals surface area (Å²) in [5.74, 6) is -0.195. The van der Waals surface area contributed by atoms with Crippen molar-refractivity contribution in [2.45, 2.75) is 12.4 Å². The second-order valence-corrected chi connectivity index (χ2v) is 6.20. The van der Waals surface area contributed by atoms with Gasteiger partial charge in [0.15, 0.2) is 0 Å². The molecule has 0 aliphatic heterocycles. The molecule has 1 heterocycles. The van der Waals surface area contributed by atoms with Crippen LogP contribution in [0.25, 0.3) is 20.2 Å². The third-order valence-corrected chi connectivity index (χ3v) is 4.85. The molecule has 0 unspecified atom stereocenters. The Morgan fingerprint density at radius 3 is 2.13 bits per heavy atom. The quantitative estimate of drug-likeness (QED) is 0.451. The molecule has 0 fully saturated rings. The van der Waals surface area contributed by atoms with Gasteiger partial charge >= 0.3 is 12.4 Å². The number of fused-ring (bicyclic) bond motifs is 3. The van der Waals surface area contributed by atoms with Gasteiger partial charge in [0.2, 0.25) is 0 Å². The summed E-state index contributed by atoms with van der Waals surface area (Å²) >= 11 is 6.06. The van der Waals surface area contributed by atoms with E-state index in [0.717, 1.165) is 0 Å². The lowest BCUT2D eigenvalue weighted by Crippen LogP contribution is -2.12. The van der Waals surface area contributed by atoms with Gasteiger partial charge in [-0.3, -0.25) is 0 Å². The molecule has 0 spiro atoms. The normalized spacial score (nSPS) is 13.2. The average molecular weight is 371 g/mol. The Morgan fingerprint density at radius 1 is 0.913 bits per heavy atom. The molecule has 23 heavy (non-hydrogen) atoms. The highest BCUT2D eigenvalue weighted by Gasteiger charge is 2.42. The van der Waals surface area contributed by atoms with Crippen molar-refractivity contribution >= 4 is 43.1 Å². The van der Waals surface area contributed by atoms with Gasteiger partial charge in [0, 0.05) is 20.2 Å². The Bertz CT molecular complexity index is 925. The molecule has 0 aliphatic carbocycles. The van der Waals surface area contributed by atoms with E-state index >= 15 is 0 Å². The summed E-state index contributed by atoms with van der Waals surface area (Å²) in [6, 6.07) is 4.28. The van der Waals surface area contributed by atoms with Crippen molar-refractivity contribution in [2.75, 3.05) is 0 Å². The molecule has 0 bridgehead atoms. The van der Waals surface area contributed by atoms with Gasteiger partial charge in [0.1, 0.15) is 5.75 Å². The molecule has 2 aromatic carbocycles. The zero-order valence-electron chi connectivity index (χ0n) is 10.8. The standard InChI is InChI=1S/C14H5ClF6OS/c15-11-8(13(16,17)18)4-7-6-2-1-5(22)3-9(6)23-12(7)10(11)14(19,20)21/h1-4,22H. The molecule has 9 heteroatoms. The monoisotopic (exact) mass is 370 g/mol. The van der Waals surface area contributed by atoms with Crippen LogP contribution < -0.4 is 0 Å². The molecule has 0 saturated carbocycles. The first-order valence-electron chi connectivity index (χ1n) is 6.02. The maximum Gasteiger partial charge on any atom is 0.419 e. The van der Waals surface area contributed by atoms with Crippen molar-refractivity contribution in [3.63, 3.8) is 0 Å². The molecule has 0 atom stereocenters. The Labute approximate surface area is 133 Å². The van der Waals surface area contributed by atoms with E-state index in [2.05, 4.69) is 0 Å². The van der Waals surface area contributed by atoms with Gasteiger partial charge < -0.3 is 5.11 Å². The maximum atomic E-state index is 13.3. The van der Waals surface area contributed by atoms with Crippen LogP contribution in [-0.2, 0) is 12.4 Å². The number of phenolic OH excluding ortho intramolecular Hbond substituents is 1. The zero-order chi connectivity index (χ0) is 17.2. The SMILES string of the molecule is Oc1ccc2c(c1)sc1c(C(F)(F)F)c(Cl)c(C(F)(F)F)cc12. The van der Waals surface area contributed by atoms with Crippen molar-refractivity contribution in [2.24, 2.45) is 0 Å². The molecule has 0 radical (unpaired) electrons. The van der Waals surface area contributed by atoms with Crippen molar-refractivity contribution < 1.29 is 31.4 Å². The van der Waals surface area contributed by atoms with Crippen molar-refractivity contribution in [1.82, 2.24) is 0 Å². The van der Waals surface area contributed by atoms with Crippen molar-refractivity contribution in [1.29, 1.82) is 0 Å². The van der Waals surface area contributed by atoms with E-state index in [4.69, 9.17) is 11.6 Å². The van der Waals surface area contributed by atoms with Gasteiger partial charge in [-0.25, -0.2) is 0 Å². The van der Waals surface area contributed by atoms with Crippen LogP contribution in [0.2, 0.25) is 5.02 Å². The first-order chi connectivity index (χ1) is 10.5. The van der Waals surface area contributed by atoms with Crippen LogP contribution in [0.1, 0.15) is 11.1 Å². The van der Waals surface area contributed by atoms with E-state index in [9.17, 15) is 31.4 Å². The minimum absolute atomic E-state index is 0.190. The fourth-order valence-corrected chi connectivity index (χ4v) is 4.04. The summed E-state index contributed by atoms with van der Waals surface area (Å²) in [5, 5.41) is 8.02. The number of halogens is 7. The average Bonchev–Trinajstić information content (AvgIpc) is 2.71. The number of thiophene rings is 1. The number of aromatic hydroxyl groups is 1. The molecular formula is C14H5ClF6OS. The first kappa shape index (κ1) is 16.2. The van der Waals surface area contributed by atoms with Gasteiger partial charge in [-0.05, 0) is 24.3 Å². The van der Waals surface area contributed by atoms with E-state index in [1.54, 1.807) is 0 Å². The number of benzene rings is 2. The maximum absolute atomic E-state index is 13.3. The molecular weight excluding hydrogens is 366 g/mol. The number of phenols is 1. The molecule has 122 valence electrons. The summed E-state index contributed by atoms with van der Waals surface area (Å²) in [6.07, 6.45) is -10.1. The van der Waals surface area contributed by atoms with Crippen LogP contribution in [0.3, 0.4) is 0 Å². The van der Waals surface area contributed by atoms with Crippen molar-refractivity contribution in [3.05, 3.63) is 40.4 Å². The van der Waals surface area contributed by atoms with E-state index < -0.39 is 33.2 Å². The molecule has 0 saturated heterocycles. The first-order valence-corrected chi connectivity index (χ1v) is 7.21. The lowest BCUT2D eigenvalue weighted by Gasteiger charge is -2.15.